The molecule has 2 radical (unpaired) electrons. The maximum absolute atomic E-state index is 10.0. The van der Waals surface area contributed by atoms with Gasteiger partial charge in [0.15, 0.2) is 0 Å². The van der Waals surface area contributed by atoms with E-state index in [9.17, 15) is 14.2 Å². The number of carbonyl (C=O) groups excluding carboxylic acids is 1. The van der Waals surface area contributed by atoms with Crippen molar-refractivity contribution in [2.24, 2.45) is 0 Å². The van der Waals surface area contributed by atoms with Gasteiger partial charge in [-0.05, 0) is 4.57 Å². The first-order valence-electron chi connectivity index (χ1n) is 1.93. The van der Waals surface area contributed by atoms with Crippen LogP contribution in [0.25, 0.3) is 0 Å². The van der Waals surface area contributed by atoms with Gasteiger partial charge < -0.3 is 5.11 Å². The number of carboxylic acids is 1. The molecule has 0 amide bonds. The van der Waals surface area contributed by atoms with E-state index >= 15 is 0 Å². The van der Waals surface area contributed by atoms with Crippen molar-refractivity contribution in [3.63, 3.8) is 0 Å². The van der Waals surface area contributed by atoms with Crippen LogP contribution in [0.1, 0.15) is 0 Å². The fraction of sp³-hybridized carbons (Fsp3) is 0.333. The van der Waals surface area contributed by atoms with E-state index in [0.717, 1.165) is 0 Å². The first-order chi connectivity index (χ1) is 4.04. The maximum Gasteiger partial charge on any atom is 0.514 e. The summed E-state index contributed by atoms with van der Waals surface area (Å²) in [5.41, 5.74) is 0. The van der Waals surface area contributed by atoms with Crippen LogP contribution in [0.5, 0.6) is 0 Å². The van der Waals surface area contributed by atoms with Gasteiger partial charge in [0.1, 0.15) is 0 Å². The van der Waals surface area contributed by atoms with Gasteiger partial charge in [0.05, 0.1) is 0 Å². The normalized spacial score (nSPS) is 8.64. The van der Waals surface area contributed by atoms with E-state index in [1.54, 1.807) is 0 Å². The van der Waals surface area contributed by atoms with Crippen LogP contribution in [0.4, 0.5) is 0 Å². The molecule has 8 heteroatoms. The average Bonchev–Trinajstić information content (AvgIpc) is 1.63. The summed E-state index contributed by atoms with van der Waals surface area (Å²) in [4.78, 5) is 27.7. The molecule has 0 bridgehead atoms. The number of Topliss-reactive ketones (excluding diaryl/α,β-unsaturated/α-hetero) is 1. The molecule has 0 rings (SSSR count). The van der Waals surface area contributed by atoms with Crippen molar-refractivity contribution in [2.45, 2.75) is 0 Å². The van der Waals surface area contributed by atoms with Crippen molar-refractivity contribution < 1.29 is 24.2 Å². The van der Waals surface area contributed by atoms with E-state index in [4.69, 9.17) is 10.00 Å². The van der Waals surface area contributed by atoms with Gasteiger partial charge in [-0.1, -0.05) is 0 Å². The molecule has 0 saturated heterocycles. The van der Waals surface area contributed by atoms with Crippen LogP contribution >= 0.6 is 8.03 Å². The standard InChI is InChI=1S/C3H3O5P.2Na/c4-2(3(5)6)1-9(7)8;;/h1H2,(H-,5,6,7,8);;/p+1. The van der Waals surface area contributed by atoms with Crippen LogP contribution in [0.15, 0.2) is 0 Å². The third-order valence-electron chi connectivity index (χ3n) is 0.517. The van der Waals surface area contributed by atoms with E-state index in [1.807, 2.05) is 0 Å². The molecular formula is C3H4Na2O5P+. The SMILES string of the molecule is O=C(O)C(=O)C[P+](=O)O.[Na].[Na]. The summed E-state index contributed by atoms with van der Waals surface area (Å²) < 4.78 is 9.78. The van der Waals surface area contributed by atoms with Gasteiger partial charge in [0.2, 0.25) is 6.16 Å². The van der Waals surface area contributed by atoms with Crippen molar-refractivity contribution in [1.29, 1.82) is 0 Å². The fourth-order valence-corrected chi connectivity index (χ4v) is 0.571. The van der Waals surface area contributed by atoms with Crippen molar-refractivity contribution in [3.05, 3.63) is 0 Å². The van der Waals surface area contributed by atoms with Crippen molar-refractivity contribution in [3.8, 4) is 0 Å². The molecule has 0 aromatic heterocycles. The number of carbonyl (C=O) groups is 2. The number of aliphatic carboxylic acids is 1. The predicted octanol–water partition coefficient (Wildman–Crippen LogP) is -1.39. The van der Waals surface area contributed by atoms with Gasteiger partial charge in [-0.3, -0.25) is 4.79 Å². The van der Waals surface area contributed by atoms with Crippen LogP contribution < -0.4 is 0 Å². The zero-order valence-electron chi connectivity index (χ0n) is 6.27. The molecule has 0 fully saturated rings. The van der Waals surface area contributed by atoms with Gasteiger partial charge in [-0.15, -0.1) is 0 Å². The maximum atomic E-state index is 10.0. The van der Waals surface area contributed by atoms with Crippen LogP contribution in [-0.2, 0) is 14.2 Å². The molecule has 0 aliphatic heterocycles. The number of rotatable bonds is 3. The minimum atomic E-state index is -2.65. The van der Waals surface area contributed by atoms with Gasteiger partial charge >= 0.3 is 14.0 Å². The quantitative estimate of drug-likeness (QED) is 0.330. The molecule has 0 aliphatic rings. The largest absolute Gasteiger partial charge is 0.514 e. The summed E-state index contributed by atoms with van der Waals surface area (Å²) in [6.45, 7) is 0. The van der Waals surface area contributed by atoms with Gasteiger partial charge in [-0.2, -0.15) is 4.89 Å². The van der Waals surface area contributed by atoms with Crippen LogP contribution in [-0.4, -0.2) is 87.0 Å². The van der Waals surface area contributed by atoms with Crippen molar-refractivity contribution >= 4 is 78.9 Å². The molecule has 5 nitrogen and oxygen atoms in total. The zero-order valence-corrected chi connectivity index (χ0v) is 11.2. The Morgan fingerprint density at radius 2 is 1.64 bits per heavy atom. The molecule has 0 spiro atoms. The molecule has 11 heavy (non-hydrogen) atoms. The van der Waals surface area contributed by atoms with Crippen molar-refractivity contribution in [2.75, 3.05) is 6.16 Å². The van der Waals surface area contributed by atoms with Crippen molar-refractivity contribution in [1.82, 2.24) is 0 Å². The predicted molar refractivity (Wildman–Crippen MR) is 38.8 cm³/mol. The molecule has 1 unspecified atom stereocenters. The Morgan fingerprint density at radius 3 is 1.73 bits per heavy atom. The molecule has 52 valence electrons. The Balaban J connectivity index is -0.000000320. The van der Waals surface area contributed by atoms with Gasteiger partial charge in [0.25, 0.3) is 5.78 Å². The smallest absolute Gasteiger partial charge is 0.475 e. The monoisotopic (exact) mass is 197 g/mol. The molecule has 1 atom stereocenters. The summed E-state index contributed by atoms with van der Waals surface area (Å²) in [7, 11) is -2.65. The summed E-state index contributed by atoms with van der Waals surface area (Å²) in [5, 5.41) is 7.84. The molecule has 0 aromatic rings. The third kappa shape index (κ3) is 11.2. The summed E-state index contributed by atoms with van der Waals surface area (Å²) >= 11 is 0. The van der Waals surface area contributed by atoms with E-state index in [1.165, 1.54) is 0 Å². The number of hydrogen-bond acceptors (Lipinski definition) is 3. The summed E-state index contributed by atoms with van der Waals surface area (Å²) in [6, 6.07) is 0. The first-order valence-corrected chi connectivity index (χ1v) is 3.33. The van der Waals surface area contributed by atoms with Crippen LogP contribution in [0.2, 0.25) is 0 Å². The molecule has 0 aromatic carbocycles. The summed E-state index contributed by atoms with van der Waals surface area (Å²) in [5.74, 6) is -2.91. The second-order valence-electron chi connectivity index (χ2n) is 1.24. The molecular weight excluding hydrogens is 193 g/mol. The Bertz CT molecular complexity index is 169. The third-order valence-corrected chi connectivity index (χ3v) is 1.08. The Kier molecular flexibility index (Phi) is 15.3. The average molecular weight is 197 g/mol. The minimum Gasteiger partial charge on any atom is -0.475 e. The summed E-state index contributed by atoms with van der Waals surface area (Å²) in [6.07, 6.45) is -0.801. The van der Waals surface area contributed by atoms with E-state index < -0.39 is 25.9 Å². The molecule has 0 heterocycles. The second-order valence-corrected chi connectivity index (χ2v) is 2.26. The molecule has 0 aliphatic carbocycles. The topological polar surface area (TPSA) is 91.7 Å². The molecule has 0 saturated carbocycles. The van der Waals surface area contributed by atoms with E-state index in [-0.39, 0.29) is 59.1 Å². The number of ketones is 1. The molecule has 2 N–H and O–H groups in total. The second kappa shape index (κ2) is 9.29. The van der Waals surface area contributed by atoms with Gasteiger partial charge in [0, 0.05) is 59.1 Å². The minimum absolute atomic E-state index is 0. The Labute approximate surface area is 108 Å². The van der Waals surface area contributed by atoms with Crippen LogP contribution in [0.3, 0.4) is 0 Å². The van der Waals surface area contributed by atoms with Gasteiger partial charge in [-0.25, -0.2) is 4.79 Å². The number of hydrogen-bond donors (Lipinski definition) is 2. The zero-order chi connectivity index (χ0) is 7.44. The van der Waals surface area contributed by atoms with E-state index in [2.05, 4.69) is 0 Å². The first kappa shape index (κ1) is 18.1. The number of carboxylic acid groups (broad SMARTS) is 1. The van der Waals surface area contributed by atoms with Crippen LogP contribution in [0, 0.1) is 0 Å². The Morgan fingerprint density at radius 1 is 1.27 bits per heavy atom. The van der Waals surface area contributed by atoms with E-state index in [0.29, 0.717) is 0 Å². The fourth-order valence-electron chi connectivity index (χ4n) is 0.190. The Hall–Kier alpha value is 1.20.